The Bertz CT molecular complexity index is 1450. The molecule has 180 valence electrons. The van der Waals surface area contributed by atoms with Crippen molar-refractivity contribution in [2.24, 2.45) is 5.92 Å². The fourth-order valence-electron chi connectivity index (χ4n) is 3.87. The molecule has 0 saturated heterocycles. The third-order valence-corrected chi connectivity index (χ3v) is 5.49. The van der Waals surface area contributed by atoms with E-state index in [1.807, 2.05) is 51.1 Å². The largest absolute Gasteiger partial charge is 0.451 e. The summed E-state index contributed by atoms with van der Waals surface area (Å²) in [5.41, 5.74) is 2.54. The highest BCUT2D eigenvalue weighted by atomic mass is 16.5. The van der Waals surface area contributed by atoms with Gasteiger partial charge in [-0.3, -0.25) is 9.59 Å². The van der Waals surface area contributed by atoms with Crippen molar-refractivity contribution in [2.45, 2.75) is 34.2 Å². The number of carbonyl (C=O) groups is 2. The molecule has 0 atom stereocenters. The molecule has 9 nitrogen and oxygen atoms in total. The topological polar surface area (TPSA) is 108 Å². The predicted octanol–water partition coefficient (Wildman–Crippen LogP) is 3.65. The number of nitrogens with zero attached hydrogens (tertiary/aromatic N) is 4. The van der Waals surface area contributed by atoms with Crippen LogP contribution in [0.2, 0.25) is 0 Å². The number of hydrogen-bond acceptors (Lipinski definition) is 6. The zero-order chi connectivity index (χ0) is 25.1. The molecule has 1 amide bonds. The maximum Gasteiger partial charge on any atom is 0.359 e. The summed E-state index contributed by atoms with van der Waals surface area (Å²) in [5, 5.41) is 12.3. The van der Waals surface area contributed by atoms with Gasteiger partial charge in [-0.05, 0) is 38.0 Å². The van der Waals surface area contributed by atoms with Crippen molar-refractivity contribution in [3.05, 3.63) is 82.0 Å². The van der Waals surface area contributed by atoms with E-state index in [0.29, 0.717) is 28.7 Å². The lowest BCUT2D eigenvalue weighted by Gasteiger charge is -2.12. The number of aromatic nitrogens is 4. The second kappa shape index (κ2) is 9.92. The molecule has 0 fully saturated rings. The number of fused-ring (bicyclic) bond motifs is 1. The molecule has 1 N–H and O–H groups in total. The maximum absolute atomic E-state index is 12.9. The fraction of sp³-hybridized carbons (Fsp3) is 0.269. The number of benzene rings is 2. The van der Waals surface area contributed by atoms with Gasteiger partial charge in [-0.1, -0.05) is 50.2 Å². The summed E-state index contributed by atoms with van der Waals surface area (Å²) in [5.74, 6) is -1.13. The summed E-state index contributed by atoms with van der Waals surface area (Å²) >= 11 is 0. The summed E-state index contributed by atoms with van der Waals surface area (Å²) in [6, 6.07) is 16.3. The van der Waals surface area contributed by atoms with Gasteiger partial charge in [0.1, 0.15) is 0 Å². The van der Waals surface area contributed by atoms with Gasteiger partial charge in [0, 0.05) is 11.9 Å². The third-order valence-electron chi connectivity index (χ3n) is 5.49. The summed E-state index contributed by atoms with van der Waals surface area (Å²) in [4.78, 5) is 38.3. The molecular weight excluding hydrogens is 446 g/mol. The third kappa shape index (κ3) is 4.98. The summed E-state index contributed by atoms with van der Waals surface area (Å²) in [6.45, 7) is 7.40. The molecule has 2 aromatic carbocycles. The molecule has 9 heteroatoms. The average molecular weight is 474 g/mol. The fourth-order valence-corrected chi connectivity index (χ4v) is 3.87. The van der Waals surface area contributed by atoms with E-state index in [2.05, 4.69) is 15.5 Å². The van der Waals surface area contributed by atoms with Gasteiger partial charge in [-0.2, -0.15) is 10.2 Å². The molecule has 2 aromatic heterocycles. The molecule has 4 rings (SSSR count). The quantitative estimate of drug-likeness (QED) is 0.411. The first kappa shape index (κ1) is 23.9. The molecular formula is C26H27N5O4. The molecule has 0 aliphatic rings. The number of esters is 1. The first-order valence-corrected chi connectivity index (χ1v) is 11.3. The Labute approximate surface area is 202 Å². The van der Waals surface area contributed by atoms with E-state index >= 15 is 0 Å². The number of nitrogens with one attached hydrogen (secondary N) is 1. The van der Waals surface area contributed by atoms with Crippen molar-refractivity contribution in [3.63, 3.8) is 0 Å². The van der Waals surface area contributed by atoms with Crippen LogP contribution >= 0.6 is 0 Å². The average Bonchev–Trinajstić information content (AvgIpc) is 3.13. The minimum atomic E-state index is -0.776. The Morgan fingerprint density at radius 2 is 1.63 bits per heavy atom. The van der Waals surface area contributed by atoms with Gasteiger partial charge in [0.25, 0.3) is 11.5 Å². The molecule has 0 radical (unpaired) electrons. The predicted molar refractivity (Wildman–Crippen MR) is 133 cm³/mol. The summed E-state index contributed by atoms with van der Waals surface area (Å²) < 4.78 is 8.30. The van der Waals surface area contributed by atoms with Crippen LogP contribution < -0.4 is 10.9 Å². The minimum Gasteiger partial charge on any atom is -0.451 e. The van der Waals surface area contributed by atoms with Gasteiger partial charge in [0.2, 0.25) is 0 Å². The lowest BCUT2D eigenvalue weighted by Crippen LogP contribution is -2.29. The number of anilines is 1. The molecule has 0 aliphatic carbocycles. The van der Waals surface area contributed by atoms with E-state index in [0.717, 1.165) is 11.4 Å². The molecule has 4 aromatic rings. The molecule has 0 unspecified atom stereocenters. The number of ether oxygens (including phenoxy) is 1. The first-order chi connectivity index (χ1) is 16.8. The maximum atomic E-state index is 12.9. The van der Waals surface area contributed by atoms with Crippen molar-refractivity contribution >= 4 is 28.3 Å². The van der Waals surface area contributed by atoms with Crippen molar-refractivity contribution < 1.29 is 14.3 Å². The molecule has 0 spiro atoms. The lowest BCUT2D eigenvalue weighted by atomic mass is 10.1. The van der Waals surface area contributed by atoms with Crippen LogP contribution in [-0.2, 0) is 16.1 Å². The van der Waals surface area contributed by atoms with Crippen LogP contribution in [0.5, 0.6) is 0 Å². The van der Waals surface area contributed by atoms with Crippen molar-refractivity contribution in [3.8, 4) is 5.69 Å². The monoisotopic (exact) mass is 473 g/mol. The zero-order valence-electron chi connectivity index (χ0n) is 20.1. The Morgan fingerprint density at radius 1 is 0.971 bits per heavy atom. The summed E-state index contributed by atoms with van der Waals surface area (Å²) in [6.07, 6.45) is 0. The van der Waals surface area contributed by atoms with Gasteiger partial charge in [0.15, 0.2) is 12.3 Å². The van der Waals surface area contributed by atoms with Gasteiger partial charge >= 0.3 is 5.97 Å². The van der Waals surface area contributed by atoms with E-state index in [4.69, 9.17) is 4.74 Å². The van der Waals surface area contributed by atoms with Crippen LogP contribution in [0.3, 0.4) is 0 Å². The van der Waals surface area contributed by atoms with Crippen LogP contribution in [0.4, 0.5) is 5.69 Å². The standard InChI is InChI=1S/C26H27N5O4/c1-16(2)14-30-25(33)21-13-9-8-12-20(21)24(29-30)26(34)35-15-22(32)27-23-17(3)28-31(18(23)4)19-10-6-5-7-11-19/h5-13,16H,14-15H2,1-4H3,(H,27,32). The molecule has 0 bridgehead atoms. The van der Waals surface area contributed by atoms with E-state index in [-0.39, 0.29) is 17.2 Å². The SMILES string of the molecule is Cc1nn(-c2ccccc2)c(C)c1NC(=O)COC(=O)c1nn(CC(C)C)c(=O)c2ccccc12. The van der Waals surface area contributed by atoms with Crippen molar-refractivity contribution in [1.82, 2.24) is 19.6 Å². The number of amides is 1. The Kier molecular flexibility index (Phi) is 6.77. The normalized spacial score (nSPS) is 11.1. The van der Waals surface area contributed by atoms with Crippen LogP contribution in [0.25, 0.3) is 16.5 Å². The zero-order valence-corrected chi connectivity index (χ0v) is 20.1. The van der Waals surface area contributed by atoms with Gasteiger partial charge in [0.05, 0.1) is 28.1 Å². The number of aryl methyl sites for hydroxylation is 1. The van der Waals surface area contributed by atoms with Gasteiger partial charge in [-0.15, -0.1) is 0 Å². The van der Waals surface area contributed by atoms with Crippen LogP contribution in [0.15, 0.2) is 59.4 Å². The highest BCUT2D eigenvalue weighted by Gasteiger charge is 2.21. The smallest absolute Gasteiger partial charge is 0.359 e. The van der Waals surface area contributed by atoms with Gasteiger partial charge < -0.3 is 10.1 Å². The lowest BCUT2D eigenvalue weighted by molar-refractivity contribution is -0.119. The minimum absolute atomic E-state index is 0.00194. The van der Waals surface area contributed by atoms with E-state index in [1.54, 1.807) is 35.9 Å². The van der Waals surface area contributed by atoms with E-state index < -0.39 is 18.5 Å². The number of carbonyl (C=O) groups excluding carboxylic acids is 2. The second-order valence-corrected chi connectivity index (χ2v) is 8.69. The second-order valence-electron chi connectivity index (χ2n) is 8.69. The molecule has 35 heavy (non-hydrogen) atoms. The number of rotatable bonds is 7. The Hall–Kier alpha value is -4.27. The van der Waals surface area contributed by atoms with E-state index in [9.17, 15) is 14.4 Å². The van der Waals surface area contributed by atoms with Crippen molar-refractivity contribution in [1.29, 1.82) is 0 Å². The van der Waals surface area contributed by atoms with E-state index in [1.165, 1.54) is 4.68 Å². The molecule has 0 saturated carbocycles. The van der Waals surface area contributed by atoms with Gasteiger partial charge in [-0.25, -0.2) is 14.2 Å². The molecule has 2 heterocycles. The van der Waals surface area contributed by atoms with Crippen LogP contribution in [0, 0.1) is 19.8 Å². The molecule has 0 aliphatic heterocycles. The van der Waals surface area contributed by atoms with Crippen LogP contribution in [0.1, 0.15) is 35.7 Å². The highest BCUT2D eigenvalue weighted by Crippen LogP contribution is 2.23. The van der Waals surface area contributed by atoms with Crippen molar-refractivity contribution in [2.75, 3.05) is 11.9 Å². The Balaban J connectivity index is 1.52. The summed E-state index contributed by atoms with van der Waals surface area (Å²) in [7, 11) is 0. The number of hydrogen-bond donors (Lipinski definition) is 1. The Morgan fingerprint density at radius 3 is 2.31 bits per heavy atom. The van der Waals surface area contributed by atoms with Crippen LogP contribution in [-0.4, -0.2) is 38.0 Å². The number of para-hydroxylation sites is 1. The first-order valence-electron chi connectivity index (χ1n) is 11.3. The highest BCUT2D eigenvalue weighted by molar-refractivity contribution is 6.03.